The van der Waals surface area contributed by atoms with Crippen molar-refractivity contribution in [3.8, 4) is 5.75 Å². The Morgan fingerprint density at radius 2 is 2.17 bits per heavy atom. The minimum absolute atomic E-state index is 0.235. The Hall–Kier alpha value is -1.87. The number of para-hydroxylation sites is 1. The van der Waals surface area contributed by atoms with Gasteiger partial charge in [0.2, 0.25) is 0 Å². The number of hydrogen-bond donors (Lipinski definition) is 1. The molecule has 0 radical (unpaired) electrons. The second kappa shape index (κ2) is 4.42. The molecule has 1 aliphatic carbocycles. The van der Waals surface area contributed by atoms with Crippen LogP contribution in [-0.4, -0.2) is 19.1 Å². The number of allylic oxidation sites excluding steroid dienone is 2. The molecule has 0 aromatic heterocycles. The molecule has 18 heavy (non-hydrogen) atoms. The van der Waals surface area contributed by atoms with Crippen LogP contribution >= 0.6 is 0 Å². The molecule has 1 atom stereocenters. The highest BCUT2D eigenvalue weighted by atomic mass is 16.5. The van der Waals surface area contributed by atoms with Crippen LogP contribution in [0.4, 0.5) is 0 Å². The van der Waals surface area contributed by atoms with Crippen molar-refractivity contribution in [2.24, 2.45) is 0 Å². The summed E-state index contributed by atoms with van der Waals surface area (Å²) < 4.78 is 5.48. The molecule has 1 aromatic rings. The molecular weight excluding hydrogens is 226 g/mol. The lowest BCUT2D eigenvalue weighted by molar-refractivity contribution is -0.135. The van der Waals surface area contributed by atoms with Crippen LogP contribution < -0.4 is 10.1 Å². The molecule has 1 N–H and O–H groups in total. The van der Waals surface area contributed by atoms with Crippen LogP contribution in [0, 0.1) is 0 Å². The van der Waals surface area contributed by atoms with Gasteiger partial charge in [-0.2, -0.15) is 0 Å². The fourth-order valence-corrected chi connectivity index (χ4v) is 2.62. The molecule has 1 unspecified atom stereocenters. The van der Waals surface area contributed by atoms with Crippen molar-refractivity contribution in [3.05, 3.63) is 47.6 Å². The Morgan fingerprint density at radius 3 is 3.00 bits per heavy atom. The zero-order valence-electron chi connectivity index (χ0n) is 10.3. The molecule has 92 valence electrons. The fourth-order valence-electron chi connectivity index (χ4n) is 2.62. The smallest absolute Gasteiger partial charge is 0.333 e. The number of nitrogens with one attached hydrogen (secondary N) is 1. The van der Waals surface area contributed by atoms with Gasteiger partial charge in [0.1, 0.15) is 11.8 Å². The number of carbonyl (C=O) groups excluding carboxylic acids is 1. The lowest BCUT2D eigenvalue weighted by Crippen LogP contribution is -2.38. The van der Waals surface area contributed by atoms with Gasteiger partial charge >= 0.3 is 5.97 Å². The highest BCUT2D eigenvalue weighted by Gasteiger charge is 2.30. The monoisotopic (exact) mass is 241 g/mol. The zero-order valence-corrected chi connectivity index (χ0v) is 10.3. The van der Waals surface area contributed by atoms with Crippen LogP contribution in [0.25, 0.3) is 5.57 Å². The molecule has 0 bridgehead atoms. The number of hydrogen-bond acceptors (Lipinski definition) is 3. The molecule has 3 nitrogen and oxygen atoms in total. The van der Waals surface area contributed by atoms with Crippen LogP contribution in [0.1, 0.15) is 18.4 Å². The molecule has 0 fully saturated rings. The summed E-state index contributed by atoms with van der Waals surface area (Å²) >= 11 is 0. The van der Waals surface area contributed by atoms with E-state index in [2.05, 4.69) is 11.4 Å². The van der Waals surface area contributed by atoms with Gasteiger partial charge in [0.15, 0.2) is 0 Å². The molecule has 3 heteroatoms. The maximum Gasteiger partial charge on any atom is 0.333 e. The number of likely N-dealkylation sites (N-methyl/N-ethyl adjacent to an activating group) is 1. The van der Waals surface area contributed by atoms with Gasteiger partial charge in [0, 0.05) is 5.56 Å². The number of ether oxygens (including phenoxy) is 1. The first-order valence-corrected chi connectivity index (χ1v) is 6.19. The first kappa shape index (κ1) is 11.2. The van der Waals surface area contributed by atoms with Crippen LogP contribution in [0.15, 0.2) is 42.0 Å². The summed E-state index contributed by atoms with van der Waals surface area (Å²) in [6.07, 6.45) is 6.13. The number of benzene rings is 1. The van der Waals surface area contributed by atoms with E-state index in [-0.39, 0.29) is 12.0 Å². The average Bonchev–Trinajstić information content (AvgIpc) is 2.52. The van der Waals surface area contributed by atoms with Crippen LogP contribution in [-0.2, 0) is 4.79 Å². The van der Waals surface area contributed by atoms with Gasteiger partial charge < -0.3 is 10.1 Å². The molecule has 2 aliphatic rings. The largest absolute Gasteiger partial charge is 0.424 e. The Balaban J connectivity index is 2.23. The van der Waals surface area contributed by atoms with Crippen molar-refractivity contribution in [2.75, 3.05) is 7.05 Å². The highest BCUT2D eigenvalue weighted by Crippen LogP contribution is 2.38. The maximum absolute atomic E-state index is 12.1. The number of fused-ring (bicyclic) bond motifs is 2. The van der Waals surface area contributed by atoms with Crippen molar-refractivity contribution in [1.82, 2.24) is 5.32 Å². The Bertz CT molecular complexity index is 557. The van der Waals surface area contributed by atoms with E-state index in [0.717, 1.165) is 24.0 Å². The number of esters is 1. The first-order valence-electron chi connectivity index (χ1n) is 6.19. The van der Waals surface area contributed by atoms with E-state index in [0.29, 0.717) is 5.75 Å². The van der Waals surface area contributed by atoms with Crippen molar-refractivity contribution < 1.29 is 9.53 Å². The second-order valence-electron chi connectivity index (χ2n) is 4.51. The van der Waals surface area contributed by atoms with Gasteiger partial charge in [0.25, 0.3) is 0 Å². The zero-order chi connectivity index (χ0) is 12.5. The lowest BCUT2D eigenvalue weighted by Gasteiger charge is -2.18. The van der Waals surface area contributed by atoms with Crippen LogP contribution in [0.5, 0.6) is 5.75 Å². The van der Waals surface area contributed by atoms with Crippen LogP contribution in [0.2, 0.25) is 0 Å². The molecule has 1 aliphatic heterocycles. The summed E-state index contributed by atoms with van der Waals surface area (Å²) in [5.41, 5.74) is 3.31. The van der Waals surface area contributed by atoms with Crippen molar-refractivity contribution >= 4 is 11.5 Å². The van der Waals surface area contributed by atoms with Gasteiger partial charge in [0.05, 0.1) is 0 Å². The third-order valence-corrected chi connectivity index (χ3v) is 3.46. The maximum atomic E-state index is 12.1. The Labute approximate surface area is 106 Å². The first-order chi connectivity index (χ1) is 8.81. The van der Waals surface area contributed by atoms with E-state index in [1.54, 1.807) is 7.05 Å². The van der Waals surface area contributed by atoms with Crippen molar-refractivity contribution in [2.45, 2.75) is 18.9 Å². The van der Waals surface area contributed by atoms with E-state index in [9.17, 15) is 4.79 Å². The summed E-state index contributed by atoms with van der Waals surface area (Å²) in [4.78, 5) is 12.1. The van der Waals surface area contributed by atoms with Gasteiger partial charge in [-0.3, -0.25) is 0 Å². The van der Waals surface area contributed by atoms with Crippen molar-refractivity contribution in [1.29, 1.82) is 0 Å². The Morgan fingerprint density at radius 1 is 1.33 bits per heavy atom. The normalized spacial score (nSPS) is 22.1. The van der Waals surface area contributed by atoms with Gasteiger partial charge in [-0.15, -0.1) is 0 Å². The summed E-state index contributed by atoms with van der Waals surface area (Å²) in [6, 6.07) is 7.38. The number of carbonyl (C=O) groups is 1. The van der Waals surface area contributed by atoms with E-state index in [4.69, 9.17) is 4.74 Å². The SMILES string of the molecule is CNC1C(=O)Oc2ccccc2C2=C1C=CCC2. The minimum Gasteiger partial charge on any atom is -0.424 e. The average molecular weight is 241 g/mol. The van der Waals surface area contributed by atoms with Crippen molar-refractivity contribution in [3.63, 3.8) is 0 Å². The van der Waals surface area contributed by atoms with Gasteiger partial charge in [-0.05, 0) is 37.1 Å². The lowest BCUT2D eigenvalue weighted by atomic mass is 9.88. The molecule has 0 amide bonds. The molecule has 1 aromatic carbocycles. The minimum atomic E-state index is -0.371. The van der Waals surface area contributed by atoms with E-state index in [1.807, 2.05) is 30.3 Å². The Kier molecular flexibility index (Phi) is 2.76. The standard InChI is InChI=1S/C15H15NO2/c1-16-14-12-8-3-2-6-10(12)11-7-4-5-9-13(11)18-15(14)17/h3-5,7-9,14,16H,2,6H2,1H3. The summed E-state index contributed by atoms with van der Waals surface area (Å²) in [5, 5.41) is 3.04. The number of rotatable bonds is 1. The summed E-state index contributed by atoms with van der Waals surface area (Å²) in [6.45, 7) is 0. The predicted molar refractivity (Wildman–Crippen MR) is 70.2 cm³/mol. The fraction of sp³-hybridized carbons (Fsp3) is 0.267. The van der Waals surface area contributed by atoms with E-state index >= 15 is 0 Å². The summed E-state index contributed by atoms with van der Waals surface area (Å²) in [7, 11) is 1.79. The molecule has 1 heterocycles. The quantitative estimate of drug-likeness (QED) is 0.605. The second-order valence-corrected chi connectivity index (χ2v) is 4.51. The molecule has 0 saturated carbocycles. The topological polar surface area (TPSA) is 38.3 Å². The van der Waals surface area contributed by atoms with Gasteiger partial charge in [-0.25, -0.2) is 4.79 Å². The third-order valence-electron chi connectivity index (χ3n) is 3.46. The molecule has 0 saturated heterocycles. The molecule has 3 rings (SSSR count). The summed E-state index contributed by atoms with van der Waals surface area (Å²) in [5.74, 6) is 0.435. The van der Waals surface area contributed by atoms with Gasteiger partial charge in [-0.1, -0.05) is 30.4 Å². The molecule has 0 spiro atoms. The van der Waals surface area contributed by atoms with E-state index < -0.39 is 0 Å². The van der Waals surface area contributed by atoms with Crippen LogP contribution in [0.3, 0.4) is 0 Å². The predicted octanol–water partition coefficient (Wildman–Crippen LogP) is 2.30. The molecular formula is C15H15NO2. The third kappa shape index (κ3) is 1.68. The highest BCUT2D eigenvalue weighted by molar-refractivity contribution is 5.92. The van der Waals surface area contributed by atoms with E-state index in [1.165, 1.54) is 5.57 Å².